The molecule has 3 heteroatoms. The van der Waals surface area contributed by atoms with Gasteiger partial charge in [-0.3, -0.25) is 0 Å². The van der Waals surface area contributed by atoms with Gasteiger partial charge in [-0.05, 0) is 25.8 Å². The highest BCUT2D eigenvalue weighted by molar-refractivity contribution is 5.13. The van der Waals surface area contributed by atoms with Gasteiger partial charge in [0.25, 0.3) is 0 Å². The maximum Gasteiger partial charge on any atom is 0.115 e. The third-order valence-corrected chi connectivity index (χ3v) is 3.02. The number of nitrogens with zero attached hydrogens (tertiary/aromatic N) is 2. The first kappa shape index (κ1) is 9.59. The van der Waals surface area contributed by atoms with Crippen LogP contribution < -0.4 is 5.32 Å². The molecule has 14 heavy (non-hydrogen) atoms. The highest BCUT2D eigenvalue weighted by Crippen LogP contribution is 2.30. The fraction of sp³-hybridized carbons (Fsp3) is 0.636. The molecule has 1 aromatic heterocycles. The molecule has 1 aromatic rings. The fourth-order valence-corrected chi connectivity index (χ4v) is 2.34. The lowest BCUT2D eigenvalue weighted by atomic mass is 9.94. The second kappa shape index (κ2) is 4.05. The first-order valence-corrected chi connectivity index (χ1v) is 5.33. The van der Waals surface area contributed by atoms with Crippen LogP contribution in [0.1, 0.15) is 38.3 Å². The number of nitrogens with one attached hydrogen (secondary N) is 1. The van der Waals surface area contributed by atoms with Crippen LogP contribution >= 0.6 is 0 Å². The minimum Gasteiger partial charge on any atom is -0.311 e. The van der Waals surface area contributed by atoms with Crippen molar-refractivity contribution >= 4 is 0 Å². The monoisotopic (exact) mass is 191 g/mol. The molecule has 3 atom stereocenters. The zero-order valence-electron chi connectivity index (χ0n) is 8.77. The zero-order valence-corrected chi connectivity index (χ0v) is 8.77. The highest BCUT2D eigenvalue weighted by Gasteiger charge is 2.31. The summed E-state index contributed by atoms with van der Waals surface area (Å²) in [5.74, 6) is 0.568. The molecule has 1 fully saturated rings. The summed E-state index contributed by atoms with van der Waals surface area (Å²) in [5.41, 5.74) is 1.18. The Balaban J connectivity index is 2.18. The van der Waals surface area contributed by atoms with E-state index in [9.17, 15) is 0 Å². The Morgan fingerprint density at radius 1 is 1.57 bits per heavy atom. The Kier molecular flexibility index (Phi) is 2.77. The molecular weight excluding hydrogens is 174 g/mol. The fourth-order valence-electron chi connectivity index (χ4n) is 2.34. The van der Waals surface area contributed by atoms with Gasteiger partial charge >= 0.3 is 0 Å². The van der Waals surface area contributed by atoms with Crippen molar-refractivity contribution < 1.29 is 0 Å². The molecule has 3 nitrogen and oxygen atoms in total. The summed E-state index contributed by atoms with van der Waals surface area (Å²) in [6, 6.07) is 3.23. The third-order valence-electron chi connectivity index (χ3n) is 3.02. The molecular formula is C11H17N3. The predicted octanol–water partition coefficient (Wildman–Crippen LogP) is 1.72. The van der Waals surface area contributed by atoms with Crippen molar-refractivity contribution in [2.75, 3.05) is 0 Å². The van der Waals surface area contributed by atoms with Crippen molar-refractivity contribution in [1.82, 2.24) is 15.3 Å². The van der Waals surface area contributed by atoms with Crippen molar-refractivity contribution in [3.63, 3.8) is 0 Å². The number of hydrogen-bond acceptors (Lipinski definition) is 3. The van der Waals surface area contributed by atoms with E-state index in [2.05, 4.69) is 29.1 Å². The van der Waals surface area contributed by atoms with Crippen molar-refractivity contribution in [2.45, 2.75) is 44.7 Å². The van der Waals surface area contributed by atoms with E-state index in [1.807, 2.05) is 12.3 Å². The molecule has 76 valence electrons. The van der Waals surface area contributed by atoms with Crippen LogP contribution in [0.5, 0.6) is 0 Å². The lowest BCUT2D eigenvalue weighted by molar-refractivity contribution is 0.511. The molecule has 0 aromatic carbocycles. The van der Waals surface area contributed by atoms with Gasteiger partial charge < -0.3 is 5.32 Å². The minimum atomic E-state index is 0.568. The maximum atomic E-state index is 4.34. The van der Waals surface area contributed by atoms with E-state index in [1.165, 1.54) is 18.5 Å². The molecule has 1 aliphatic rings. The predicted molar refractivity (Wildman–Crippen MR) is 56.1 cm³/mol. The lowest BCUT2D eigenvalue weighted by Crippen LogP contribution is -2.28. The van der Waals surface area contributed by atoms with Gasteiger partial charge in [-0.25, -0.2) is 9.97 Å². The molecule has 1 saturated heterocycles. The largest absolute Gasteiger partial charge is 0.311 e. The van der Waals surface area contributed by atoms with Crippen molar-refractivity contribution in [2.24, 2.45) is 0 Å². The molecule has 0 bridgehead atoms. The van der Waals surface area contributed by atoms with Crippen LogP contribution in [-0.4, -0.2) is 22.1 Å². The summed E-state index contributed by atoms with van der Waals surface area (Å²) in [5, 5.41) is 3.59. The van der Waals surface area contributed by atoms with E-state index in [0.717, 1.165) is 0 Å². The first-order valence-electron chi connectivity index (χ1n) is 5.33. The lowest BCUT2D eigenvalue weighted by Gasteiger charge is -2.16. The Morgan fingerprint density at radius 3 is 3.07 bits per heavy atom. The van der Waals surface area contributed by atoms with Crippen LogP contribution in [0.2, 0.25) is 0 Å². The van der Waals surface area contributed by atoms with Crippen LogP contribution in [0.15, 0.2) is 18.6 Å². The molecule has 0 radical (unpaired) electrons. The SMILES string of the molecule is CCC1NC(C)CC1c1ccncn1. The Bertz CT molecular complexity index is 286. The second-order valence-corrected chi connectivity index (χ2v) is 4.06. The van der Waals surface area contributed by atoms with Crippen molar-refractivity contribution in [3.05, 3.63) is 24.3 Å². The van der Waals surface area contributed by atoms with E-state index in [0.29, 0.717) is 18.0 Å². The highest BCUT2D eigenvalue weighted by atomic mass is 15.0. The normalized spacial score (nSPS) is 32.0. The van der Waals surface area contributed by atoms with E-state index in [-0.39, 0.29) is 0 Å². The molecule has 1 aliphatic heterocycles. The summed E-state index contributed by atoms with van der Waals surface area (Å²) < 4.78 is 0. The average Bonchev–Trinajstić information content (AvgIpc) is 2.61. The second-order valence-electron chi connectivity index (χ2n) is 4.06. The Morgan fingerprint density at radius 2 is 2.43 bits per heavy atom. The molecule has 1 N–H and O–H groups in total. The average molecular weight is 191 g/mol. The standard InChI is InChI=1S/C11H17N3/c1-3-10-9(6-8(2)14-10)11-4-5-12-7-13-11/h4-5,7-10,14H,3,6H2,1-2H3. The topological polar surface area (TPSA) is 37.8 Å². The van der Waals surface area contributed by atoms with Gasteiger partial charge in [0, 0.05) is 29.9 Å². The summed E-state index contributed by atoms with van der Waals surface area (Å²) >= 11 is 0. The van der Waals surface area contributed by atoms with Crippen LogP contribution in [-0.2, 0) is 0 Å². The third kappa shape index (κ3) is 1.77. The molecule has 0 amide bonds. The smallest absolute Gasteiger partial charge is 0.115 e. The molecule has 2 rings (SSSR count). The van der Waals surface area contributed by atoms with E-state index in [4.69, 9.17) is 0 Å². The zero-order chi connectivity index (χ0) is 9.97. The molecule has 0 spiro atoms. The van der Waals surface area contributed by atoms with Gasteiger partial charge in [-0.1, -0.05) is 6.92 Å². The summed E-state index contributed by atoms with van der Waals surface area (Å²) in [6.07, 6.45) is 5.83. The minimum absolute atomic E-state index is 0.568. The van der Waals surface area contributed by atoms with Crippen LogP contribution in [0.3, 0.4) is 0 Å². The van der Waals surface area contributed by atoms with Gasteiger partial charge in [0.15, 0.2) is 0 Å². The molecule has 3 unspecified atom stereocenters. The maximum absolute atomic E-state index is 4.34. The molecule has 2 heterocycles. The van der Waals surface area contributed by atoms with E-state index in [1.54, 1.807) is 6.33 Å². The van der Waals surface area contributed by atoms with Gasteiger partial charge in [0.2, 0.25) is 0 Å². The molecule has 0 aliphatic carbocycles. The van der Waals surface area contributed by atoms with Crippen LogP contribution in [0.25, 0.3) is 0 Å². The number of rotatable bonds is 2. The number of aromatic nitrogens is 2. The summed E-state index contributed by atoms with van der Waals surface area (Å²) in [4.78, 5) is 8.30. The molecule has 0 saturated carbocycles. The van der Waals surface area contributed by atoms with Crippen LogP contribution in [0, 0.1) is 0 Å². The van der Waals surface area contributed by atoms with Crippen LogP contribution in [0.4, 0.5) is 0 Å². The van der Waals surface area contributed by atoms with Gasteiger partial charge in [-0.15, -0.1) is 0 Å². The van der Waals surface area contributed by atoms with Gasteiger partial charge in [0.05, 0.1) is 0 Å². The Labute approximate surface area is 85.0 Å². The van der Waals surface area contributed by atoms with Crippen molar-refractivity contribution in [1.29, 1.82) is 0 Å². The summed E-state index contributed by atoms with van der Waals surface area (Å²) in [7, 11) is 0. The first-order chi connectivity index (χ1) is 6.81. The van der Waals surface area contributed by atoms with Crippen molar-refractivity contribution in [3.8, 4) is 0 Å². The number of hydrogen-bond donors (Lipinski definition) is 1. The van der Waals surface area contributed by atoms with E-state index < -0.39 is 0 Å². The van der Waals surface area contributed by atoms with E-state index >= 15 is 0 Å². The van der Waals surface area contributed by atoms with Gasteiger partial charge in [0.1, 0.15) is 6.33 Å². The summed E-state index contributed by atoms with van der Waals surface area (Å²) in [6.45, 7) is 4.47. The van der Waals surface area contributed by atoms with Gasteiger partial charge in [-0.2, -0.15) is 0 Å². The Hall–Kier alpha value is -0.960. The quantitative estimate of drug-likeness (QED) is 0.773.